The lowest BCUT2D eigenvalue weighted by atomic mass is 9.88. The van der Waals surface area contributed by atoms with Crippen molar-refractivity contribution in [3.05, 3.63) is 69.0 Å². The normalized spacial score (nSPS) is 16.2. The molecule has 1 N–H and O–H groups in total. The van der Waals surface area contributed by atoms with Gasteiger partial charge in [-0.25, -0.2) is 0 Å². The van der Waals surface area contributed by atoms with E-state index in [-0.39, 0.29) is 12.4 Å². The van der Waals surface area contributed by atoms with Crippen molar-refractivity contribution in [2.24, 2.45) is 5.92 Å². The maximum Gasteiger partial charge on any atom is 0.252 e. The highest BCUT2D eigenvalue weighted by atomic mass is 16.7. The Morgan fingerprint density at radius 2 is 1.78 bits per heavy atom. The lowest BCUT2D eigenvalue weighted by molar-refractivity contribution is 0.173. The van der Waals surface area contributed by atoms with Gasteiger partial charge in [0.05, 0.1) is 5.52 Å². The first kappa shape index (κ1) is 21.1. The molecule has 32 heavy (non-hydrogen) atoms. The summed E-state index contributed by atoms with van der Waals surface area (Å²) in [5.74, 6) is 2.32. The number of nitrogens with one attached hydrogen (secondary N) is 1. The summed E-state index contributed by atoms with van der Waals surface area (Å²) in [7, 11) is 0. The monoisotopic (exact) mass is 432 g/mol. The standard InChI is InChI=1S/C27H32N2O3/c1-18-10-19(2)26-22(11-18)13-23(27(30)28-26)16-29(14-20-6-4-3-5-7-20)15-21-8-9-24-25(12-21)32-17-31-24/h8-13,20H,3-7,14-17H2,1-2H3,(H,28,30). The Balaban J connectivity index is 1.43. The lowest BCUT2D eigenvalue weighted by Gasteiger charge is -2.30. The number of fused-ring (bicyclic) bond motifs is 2. The second-order valence-corrected chi connectivity index (χ2v) is 9.53. The second-order valence-electron chi connectivity index (χ2n) is 9.53. The molecular weight excluding hydrogens is 400 g/mol. The minimum atomic E-state index is 0.0174. The van der Waals surface area contributed by atoms with Gasteiger partial charge in [-0.15, -0.1) is 0 Å². The van der Waals surface area contributed by atoms with Gasteiger partial charge < -0.3 is 14.5 Å². The molecule has 0 radical (unpaired) electrons. The highest BCUT2D eigenvalue weighted by Crippen LogP contribution is 2.33. The van der Waals surface area contributed by atoms with E-state index in [2.05, 4.69) is 54.1 Å². The van der Waals surface area contributed by atoms with Gasteiger partial charge in [0.25, 0.3) is 5.56 Å². The van der Waals surface area contributed by atoms with Gasteiger partial charge in [-0.2, -0.15) is 0 Å². The van der Waals surface area contributed by atoms with Crippen LogP contribution in [0.1, 0.15) is 54.4 Å². The number of nitrogens with zero attached hydrogens (tertiary/aromatic N) is 1. The van der Waals surface area contributed by atoms with Crippen LogP contribution in [0.5, 0.6) is 11.5 Å². The molecule has 2 aliphatic rings. The summed E-state index contributed by atoms with van der Waals surface area (Å²) in [6, 6.07) is 12.5. The molecule has 3 aromatic rings. The fraction of sp³-hybridized carbons (Fsp3) is 0.444. The van der Waals surface area contributed by atoms with Gasteiger partial charge >= 0.3 is 0 Å². The number of aromatic amines is 1. The van der Waals surface area contributed by atoms with Crippen LogP contribution in [0.3, 0.4) is 0 Å². The average Bonchev–Trinajstić information content (AvgIpc) is 3.23. The number of pyridine rings is 1. The maximum atomic E-state index is 13.0. The van der Waals surface area contributed by atoms with Crippen LogP contribution in [-0.4, -0.2) is 23.2 Å². The zero-order chi connectivity index (χ0) is 22.1. The summed E-state index contributed by atoms with van der Waals surface area (Å²) in [6.45, 7) is 6.89. The van der Waals surface area contributed by atoms with Crippen LogP contribution in [0.25, 0.3) is 10.9 Å². The molecule has 0 spiro atoms. The summed E-state index contributed by atoms with van der Waals surface area (Å²) >= 11 is 0. The Kier molecular flexibility index (Phi) is 5.92. The number of hydrogen-bond donors (Lipinski definition) is 1. The van der Waals surface area contributed by atoms with Crippen molar-refractivity contribution in [1.29, 1.82) is 0 Å². The van der Waals surface area contributed by atoms with Crippen molar-refractivity contribution in [3.63, 3.8) is 0 Å². The van der Waals surface area contributed by atoms with E-state index in [4.69, 9.17) is 9.47 Å². The summed E-state index contributed by atoms with van der Waals surface area (Å²) in [4.78, 5) is 18.6. The Labute approximate surface area is 189 Å². The maximum absolute atomic E-state index is 13.0. The zero-order valence-corrected chi connectivity index (χ0v) is 19.1. The van der Waals surface area contributed by atoms with Gasteiger partial charge in [0.2, 0.25) is 6.79 Å². The van der Waals surface area contributed by atoms with Crippen LogP contribution in [0.2, 0.25) is 0 Å². The van der Waals surface area contributed by atoms with E-state index >= 15 is 0 Å². The smallest absolute Gasteiger partial charge is 0.252 e. The first-order valence-electron chi connectivity index (χ1n) is 11.8. The van der Waals surface area contributed by atoms with Crippen LogP contribution < -0.4 is 15.0 Å². The van der Waals surface area contributed by atoms with Gasteiger partial charge in [-0.1, -0.05) is 37.0 Å². The zero-order valence-electron chi connectivity index (χ0n) is 19.1. The molecule has 5 nitrogen and oxygen atoms in total. The number of aromatic nitrogens is 1. The molecule has 1 aliphatic carbocycles. The van der Waals surface area contributed by atoms with Crippen molar-refractivity contribution in [3.8, 4) is 11.5 Å². The molecule has 0 unspecified atom stereocenters. The molecule has 2 aromatic carbocycles. The second kappa shape index (κ2) is 8.99. The molecular formula is C27H32N2O3. The molecule has 5 heteroatoms. The molecule has 0 atom stereocenters. The third-order valence-electron chi connectivity index (χ3n) is 6.85. The van der Waals surface area contributed by atoms with Gasteiger partial charge in [-0.05, 0) is 73.4 Å². The molecule has 2 heterocycles. The van der Waals surface area contributed by atoms with Crippen molar-refractivity contribution >= 4 is 10.9 Å². The lowest BCUT2D eigenvalue weighted by Crippen LogP contribution is -2.32. The van der Waals surface area contributed by atoms with Crippen molar-refractivity contribution < 1.29 is 9.47 Å². The quantitative estimate of drug-likeness (QED) is 0.562. The first-order chi connectivity index (χ1) is 15.5. The highest BCUT2D eigenvalue weighted by Gasteiger charge is 2.20. The van der Waals surface area contributed by atoms with Crippen LogP contribution in [0, 0.1) is 19.8 Å². The number of rotatable bonds is 6. The Morgan fingerprint density at radius 1 is 0.969 bits per heavy atom. The van der Waals surface area contributed by atoms with E-state index in [0.717, 1.165) is 46.6 Å². The summed E-state index contributed by atoms with van der Waals surface area (Å²) in [5.41, 5.74) is 5.31. The molecule has 0 saturated heterocycles. The van der Waals surface area contributed by atoms with E-state index < -0.39 is 0 Å². The molecule has 1 aromatic heterocycles. The highest BCUT2D eigenvalue weighted by molar-refractivity contribution is 5.82. The van der Waals surface area contributed by atoms with Crippen LogP contribution in [0.15, 0.2) is 41.2 Å². The average molecular weight is 433 g/mol. The molecule has 5 rings (SSSR count). The van der Waals surface area contributed by atoms with Gasteiger partial charge in [0.1, 0.15) is 0 Å². The Morgan fingerprint density at radius 3 is 2.62 bits per heavy atom. The van der Waals surface area contributed by atoms with Crippen molar-refractivity contribution in [1.82, 2.24) is 9.88 Å². The molecule has 1 fully saturated rings. The Hall–Kier alpha value is -2.79. The van der Waals surface area contributed by atoms with Gasteiger partial charge in [0.15, 0.2) is 11.5 Å². The number of H-pyrrole nitrogens is 1. The number of hydrogen-bond acceptors (Lipinski definition) is 4. The predicted octanol–water partition coefficient (Wildman–Crippen LogP) is 5.46. The molecule has 0 amide bonds. The fourth-order valence-corrected chi connectivity index (χ4v) is 5.31. The van der Waals surface area contributed by atoms with Gasteiger partial charge in [0, 0.05) is 25.2 Å². The van der Waals surface area contributed by atoms with Gasteiger partial charge in [-0.3, -0.25) is 9.69 Å². The number of ether oxygens (including phenoxy) is 2. The topological polar surface area (TPSA) is 54.6 Å². The Bertz CT molecular complexity index is 1180. The van der Waals surface area contributed by atoms with Crippen molar-refractivity contribution in [2.75, 3.05) is 13.3 Å². The number of benzene rings is 2. The van der Waals surface area contributed by atoms with E-state index in [1.54, 1.807) is 0 Å². The van der Waals surface area contributed by atoms with E-state index in [9.17, 15) is 4.79 Å². The molecule has 1 aliphatic heterocycles. The summed E-state index contributed by atoms with van der Waals surface area (Å²) in [6.07, 6.45) is 6.55. The molecule has 168 valence electrons. The first-order valence-corrected chi connectivity index (χ1v) is 11.8. The minimum Gasteiger partial charge on any atom is -0.454 e. The van der Waals surface area contributed by atoms with Crippen LogP contribution in [-0.2, 0) is 13.1 Å². The summed E-state index contributed by atoms with van der Waals surface area (Å²) < 4.78 is 11.1. The third-order valence-corrected chi connectivity index (χ3v) is 6.85. The van der Waals surface area contributed by atoms with E-state index in [1.807, 2.05) is 6.07 Å². The fourth-order valence-electron chi connectivity index (χ4n) is 5.31. The molecule has 0 bridgehead atoms. The van der Waals surface area contributed by atoms with E-state index in [0.29, 0.717) is 12.5 Å². The largest absolute Gasteiger partial charge is 0.454 e. The predicted molar refractivity (Wildman–Crippen MR) is 127 cm³/mol. The summed E-state index contributed by atoms with van der Waals surface area (Å²) in [5, 5.41) is 1.11. The van der Waals surface area contributed by atoms with Crippen LogP contribution in [0.4, 0.5) is 0 Å². The number of aryl methyl sites for hydroxylation is 2. The van der Waals surface area contributed by atoms with Crippen molar-refractivity contribution in [2.45, 2.75) is 59.0 Å². The SMILES string of the molecule is Cc1cc(C)c2[nH]c(=O)c(CN(Cc3ccc4c(c3)OCO4)CC3CCCCC3)cc2c1. The molecule has 1 saturated carbocycles. The third kappa shape index (κ3) is 4.53. The van der Waals surface area contributed by atoms with Crippen LogP contribution >= 0.6 is 0 Å². The minimum absolute atomic E-state index is 0.0174. The van der Waals surface area contributed by atoms with E-state index in [1.165, 1.54) is 43.2 Å².